The number of aliphatic hydroxyl groups excluding tert-OH is 2. The fourth-order valence-corrected chi connectivity index (χ4v) is 3.31. The van der Waals surface area contributed by atoms with Crippen molar-refractivity contribution in [2.45, 2.75) is 76.9 Å². The van der Waals surface area contributed by atoms with Crippen molar-refractivity contribution in [3.63, 3.8) is 0 Å². The highest BCUT2D eigenvalue weighted by Gasteiger charge is 2.32. The maximum absolute atomic E-state index is 11.0. The Labute approximate surface area is 150 Å². The molecule has 0 aromatic carbocycles. The highest BCUT2D eigenvalue weighted by Crippen LogP contribution is 2.36. The molecule has 0 bridgehead atoms. The van der Waals surface area contributed by atoms with E-state index in [-0.39, 0.29) is 24.4 Å². The molecule has 4 atom stereocenters. The molecule has 0 unspecified atom stereocenters. The molecule has 142 valence electrons. The zero-order valence-corrected chi connectivity index (χ0v) is 15.1. The van der Waals surface area contributed by atoms with Crippen LogP contribution in [0.2, 0.25) is 0 Å². The van der Waals surface area contributed by atoms with E-state index in [2.05, 4.69) is 6.92 Å². The van der Waals surface area contributed by atoms with Crippen LogP contribution in [-0.2, 0) is 9.59 Å². The molecular formula is C20H32O5. The van der Waals surface area contributed by atoms with Crippen molar-refractivity contribution in [2.75, 3.05) is 0 Å². The van der Waals surface area contributed by atoms with Crippen LogP contribution in [0.15, 0.2) is 24.3 Å². The van der Waals surface area contributed by atoms with E-state index in [9.17, 15) is 19.8 Å². The largest absolute Gasteiger partial charge is 0.476 e. The molecule has 5 nitrogen and oxygen atoms in total. The molecule has 1 rings (SSSR count). The number of hydrogen-bond acceptors (Lipinski definition) is 4. The summed E-state index contributed by atoms with van der Waals surface area (Å²) in [5, 5.41) is 28.7. The first-order valence-corrected chi connectivity index (χ1v) is 9.41. The summed E-state index contributed by atoms with van der Waals surface area (Å²) in [6, 6.07) is 0. The van der Waals surface area contributed by atoms with Crippen LogP contribution in [0.4, 0.5) is 0 Å². The maximum atomic E-state index is 11.0. The van der Waals surface area contributed by atoms with Gasteiger partial charge in [0, 0.05) is 6.42 Å². The molecule has 0 aliphatic heterocycles. The van der Waals surface area contributed by atoms with Gasteiger partial charge in [-0.3, -0.25) is 4.79 Å². The van der Waals surface area contributed by atoms with Crippen molar-refractivity contribution in [3.05, 3.63) is 24.3 Å². The molecule has 0 aromatic rings. The zero-order chi connectivity index (χ0) is 18.7. The lowest BCUT2D eigenvalue weighted by molar-refractivity contribution is -0.149. The van der Waals surface area contributed by atoms with Crippen LogP contribution in [0.25, 0.3) is 0 Å². The number of hydrogen-bond donors (Lipinski definition) is 3. The first-order chi connectivity index (χ1) is 12.0. The van der Waals surface area contributed by atoms with E-state index >= 15 is 0 Å². The molecule has 0 radical (unpaired) electrons. The number of carbonyl (C=O) groups is 2. The summed E-state index contributed by atoms with van der Waals surface area (Å²) in [6.07, 6.45) is 13.7. The summed E-state index contributed by atoms with van der Waals surface area (Å²) in [6.45, 7) is 2.14. The maximum Gasteiger partial charge on any atom is 0.372 e. The third kappa shape index (κ3) is 8.45. The smallest absolute Gasteiger partial charge is 0.372 e. The molecule has 1 aliphatic rings. The van der Waals surface area contributed by atoms with Crippen LogP contribution in [0.3, 0.4) is 0 Å². The predicted molar refractivity (Wildman–Crippen MR) is 97.1 cm³/mol. The summed E-state index contributed by atoms with van der Waals surface area (Å²) in [5.74, 6) is -1.79. The topological polar surface area (TPSA) is 94.8 Å². The van der Waals surface area contributed by atoms with E-state index in [0.29, 0.717) is 12.8 Å². The van der Waals surface area contributed by atoms with Gasteiger partial charge in [-0.05, 0) is 43.9 Å². The van der Waals surface area contributed by atoms with Crippen LogP contribution >= 0.6 is 0 Å². The van der Waals surface area contributed by atoms with Gasteiger partial charge in [-0.2, -0.15) is 0 Å². The van der Waals surface area contributed by atoms with Gasteiger partial charge in [-0.15, -0.1) is 0 Å². The van der Waals surface area contributed by atoms with Crippen molar-refractivity contribution in [2.24, 2.45) is 11.8 Å². The molecule has 1 saturated carbocycles. The van der Waals surface area contributed by atoms with Gasteiger partial charge in [-0.1, -0.05) is 50.5 Å². The van der Waals surface area contributed by atoms with Crippen molar-refractivity contribution in [3.8, 4) is 0 Å². The van der Waals surface area contributed by atoms with Crippen molar-refractivity contribution in [1.82, 2.24) is 0 Å². The number of Topliss-reactive ketones (excluding diaryl/α,β-unsaturated/α-hetero) is 1. The van der Waals surface area contributed by atoms with Gasteiger partial charge in [0.2, 0.25) is 5.78 Å². The summed E-state index contributed by atoms with van der Waals surface area (Å²) >= 11 is 0. The van der Waals surface area contributed by atoms with Gasteiger partial charge < -0.3 is 15.3 Å². The lowest BCUT2D eigenvalue weighted by atomic mass is 9.90. The highest BCUT2D eigenvalue weighted by molar-refractivity contribution is 6.32. The van der Waals surface area contributed by atoms with E-state index < -0.39 is 17.9 Å². The number of carboxylic acids is 1. The summed E-state index contributed by atoms with van der Waals surface area (Å²) in [7, 11) is 0. The fourth-order valence-electron chi connectivity index (χ4n) is 3.31. The molecule has 1 fully saturated rings. The minimum atomic E-state index is -1.39. The first-order valence-electron chi connectivity index (χ1n) is 9.41. The lowest BCUT2D eigenvalue weighted by Gasteiger charge is -2.18. The summed E-state index contributed by atoms with van der Waals surface area (Å²) in [5.41, 5.74) is 0. The number of aliphatic hydroxyl groups is 2. The monoisotopic (exact) mass is 352 g/mol. The Morgan fingerprint density at radius 1 is 1.20 bits per heavy atom. The van der Waals surface area contributed by atoms with Gasteiger partial charge in [0.15, 0.2) is 0 Å². The molecule has 0 spiro atoms. The van der Waals surface area contributed by atoms with Gasteiger partial charge in [0.25, 0.3) is 0 Å². The number of aliphatic carboxylic acids is 1. The van der Waals surface area contributed by atoms with Crippen LogP contribution in [0.1, 0.15) is 64.7 Å². The van der Waals surface area contributed by atoms with E-state index in [1.54, 1.807) is 0 Å². The van der Waals surface area contributed by atoms with Gasteiger partial charge in [-0.25, -0.2) is 4.79 Å². The highest BCUT2D eigenvalue weighted by atomic mass is 16.4. The second kappa shape index (κ2) is 12.0. The summed E-state index contributed by atoms with van der Waals surface area (Å²) in [4.78, 5) is 21.4. The van der Waals surface area contributed by atoms with Gasteiger partial charge in [0.05, 0.1) is 12.2 Å². The molecule has 25 heavy (non-hydrogen) atoms. The molecule has 0 saturated heterocycles. The molecular weight excluding hydrogens is 320 g/mol. The Bertz CT molecular complexity index is 469. The molecule has 0 heterocycles. The van der Waals surface area contributed by atoms with Crippen LogP contribution in [-0.4, -0.2) is 39.3 Å². The lowest BCUT2D eigenvalue weighted by Crippen LogP contribution is -2.17. The van der Waals surface area contributed by atoms with E-state index in [0.717, 1.165) is 38.5 Å². The normalized spacial score (nSPS) is 25.0. The van der Waals surface area contributed by atoms with Crippen LogP contribution < -0.4 is 0 Å². The molecule has 3 N–H and O–H groups in total. The van der Waals surface area contributed by atoms with E-state index in [1.807, 2.05) is 24.3 Å². The minimum Gasteiger partial charge on any atom is -0.476 e. The van der Waals surface area contributed by atoms with Crippen LogP contribution in [0, 0.1) is 11.8 Å². The quantitative estimate of drug-likeness (QED) is 0.285. The van der Waals surface area contributed by atoms with E-state index in [4.69, 9.17) is 5.11 Å². The number of ketones is 1. The van der Waals surface area contributed by atoms with Crippen molar-refractivity contribution in [1.29, 1.82) is 0 Å². The van der Waals surface area contributed by atoms with Gasteiger partial charge in [0.1, 0.15) is 0 Å². The molecule has 5 heteroatoms. The summed E-state index contributed by atoms with van der Waals surface area (Å²) < 4.78 is 0. The fraction of sp³-hybridized carbons (Fsp3) is 0.700. The first kappa shape index (κ1) is 21.6. The Balaban J connectivity index is 2.40. The average molecular weight is 352 g/mol. The number of carboxylic acid groups (broad SMARTS) is 1. The Morgan fingerprint density at radius 2 is 1.96 bits per heavy atom. The third-order valence-corrected chi connectivity index (χ3v) is 4.88. The van der Waals surface area contributed by atoms with Crippen molar-refractivity contribution >= 4 is 11.8 Å². The zero-order valence-electron chi connectivity index (χ0n) is 15.1. The average Bonchev–Trinajstić information content (AvgIpc) is 2.92. The molecule has 0 amide bonds. The number of allylic oxidation sites excluding steroid dienone is 3. The third-order valence-electron chi connectivity index (χ3n) is 4.88. The SMILES string of the molecule is CCCCC[C@H](O)/C=C/[C@H]1CC[C@H](O)[C@@H]1C/C=C\CCC(=O)C(=O)O. The second-order valence-corrected chi connectivity index (χ2v) is 6.89. The Morgan fingerprint density at radius 3 is 2.64 bits per heavy atom. The standard InChI is InChI=1S/C20H32O5/c1-2-3-5-8-16(21)13-11-15-12-14-18(22)17(15)9-6-4-7-10-19(23)20(24)25/h4,6,11,13,15-18,21-22H,2-3,5,7-10,12,14H2,1H3,(H,24,25)/b6-4-,13-11+/t15-,16-,17+,18-/m0/s1. The Hall–Kier alpha value is -1.46. The number of rotatable bonds is 12. The predicted octanol–water partition coefficient (Wildman–Crippen LogP) is 3.25. The molecule has 1 aliphatic carbocycles. The Kier molecular flexibility index (Phi) is 10.3. The number of carbonyl (C=O) groups excluding carboxylic acids is 1. The van der Waals surface area contributed by atoms with E-state index in [1.165, 1.54) is 0 Å². The van der Waals surface area contributed by atoms with Crippen molar-refractivity contribution < 1.29 is 24.9 Å². The minimum absolute atomic E-state index is 0.00629. The molecule has 0 aromatic heterocycles. The second-order valence-electron chi connectivity index (χ2n) is 6.89. The number of unbranched alkanes of at least 4 members (excludes halogenated alkanes) is 2. The van der Waals surface area contributed by atoms with Gasteiger partial charge >= 0.3 is 5.97 Å². The van der Waals surface area contributed by atoms with Crippen LogP contribution in [0.5, 0.6) is 0 Å².